The molecule has 2 saturated heterocycles. The average molecular weight is 1360 g/mol. The van der Waals surface area contributed by atoms with E-state index in [9.17, 15) is 19.2 Å². The first-order valence-corrected chi connectivity index (χ1v) is 30.8. The Bertz CT molecular complexity index is 1910. The van der Waals surface area contributed by atoms with Gasteiger partial charge < -0.3 is 77.2 Å². The van der Waals surface area contributed by atoms with Crippen molar-refractivity contribution < 1.29 is 96.4 Å². The molecule has 79 heavy (non-hydrogen) atoms. The van der Waals surface area contributed by atoms with E-state index in [1.54, 1.807) is 26.8 Å². The Morgan fingerprint density at radius 3 is 1.42 bits per heavy atom. The van der Waals surface area contributed by atoms with Crippen LogP contribution in [-0.4, -0.2) is 133 Å². The second-order valence-electron chi connectivity index (χ2n) is 18.1. The molecule has 0 saturated carbocycles. The number of ether oxygens (including phenoxy) is 8. The summed E-state index contributed by atoms with van der Waals surface area (Å²) in [4.78, 5) is 43.6. The zero-order valence-corrected chi connectivity index (χ0v) is 54.6. The zero-order chi connectivity index (χ0) is 59.3. The minimum Gasteiger partial charge on any atom is -1.00 e. The van der Waals surface area contributed by atoms with Gasteiger partial charge in [-0.2, -0.15) is 0 Å². The standard InChI is InChI=1S/C27H32O2P.C11H18O4.C8H15IO3.C7H14O3.C5H8O2.C2H6.CH4O.HI/c1-3-29-27(28)21-13-14-23(2)22-30(24-15-7-4-8-16-24,25-17-9-5-10-18-25)26-19-11-6-12-20-26;1-4-13-10(12)7-5-6-9-8-14-11(2,3)15-9;1-2-12-8(11)5-3-4-7(10)6-9;1-7(2)9-5-6(10-7)3-4-8;1-3-5(6)7-4-2;2*1-2;/h4-12,15-20,23H,3,13-14,21-22H2,1-2H3;5,7,9H,4,6,8H2,1-3H3;7,10H,2-6H2,1H3;6,8H,3-5H2,1-2H3;3H,1,4H2,2H3;1-2H3;2H,1H3;1H/q+1;;;;;;;/p-1/b;7-5+;;;;;;/t23-;9-;7-;6-;;;;/m0000..../s1. The number of hydrogen-bond acceptors (Lipinski definition) is 15. The van der Waals surface area contributed by atoms with Gasteiger partial charge in [-0.1, -0.05) is 111 Å². The normalized spacial score (nSPS) is 16.0. The molecule has 0 bridgehead atoms. The van der Waals surface area contributed by atoms with Crippen LogP contribution in [0.5, 0.6) is 0 Å². The van der Waals surface area contributed by atoms with Gasteiger partial charge in [0.1, 0.15) is 23.2 Å². The molecule has 2 heterocycles. The van der Waals surface area contributed by atoms with Crippen LogP contribution >= 0.6 is 29.9 Å². The van der Waals surface area contributed by atoms with Crippen LogP contribution in [0.1, 0.15) is 128 Å². The fourth-order valence-electron chi connectivity index (χ4n) is 7.63. The van der Waals surface area contributed by atoms with E-state index in [2.05, 4.69) is 132 Å². The summed E-state index contributed by atoms with van der Waals surface area (Å²) in [6, 6.07) is 33.0. The summed E-state index contributed by atoms with van der Waals surface area (Å²) in [6.45, 7) is 27.3. The molecule has 0 amide bonds. The molecule has 18 heteroatoms. The molecule has 2 aliphatic heterocycles. The van der Waals surface area contributed by atoms with E-state index < -0.39 is 18.8 Å². The Morgan fingerprint density at radius 2 is 1.08 bits per heavy atom. The number of aliphatic hydroxyl groups excluding tert-OH is 3. The lowest BCUT2D eigenvalue weighted by Crippen LogP contribution is -3.00. The maximum absolute atomic E-state index is 11.8. The van der Waals surface area contributed by atoms with Gasteiger partial charge in [-0.25, -0.2) is 9.59 Å². The third kappa shape index (κ3) is 37.4. The van der Waals surface area contributed by atoms with Crippen LogP contribution in [0.2, 0.25) is 0 Å². The molecule has 2 fully saturated rings. The highest BCUT2D eigenvalue weighted by atomic mass is 127. The van der Waals surface area contributed by atoms with Crippen molar-refractivity contribution in [3.8, 4) is 0 Å². The van der Waals surface area contributed by atoms with E-state index in [-0.39, 0.29) is 72.8 Å². The van der Waals surface area contributed by atoms with E-state index >= 15 is 0 Å². The summed E-state index contributed by atoms with van der Waals surface area (Å²) in [6.07, 6.45) is 10.8. The summed E-state index contributed by atoms with van der Waals surface area (Å²) in [5.41, 5.74) is 0. The monoisotopic (exact) mass is 1350 g/mol. The van der Waals surface area contributed by atoms with Crippen LogP contribution in [0.15, 0.2) is 116 Å². The first-order valence-electron chi connectivity index (χ1n) is 27.3. The largest absolute Gasteiger partial charge is 1.00 e. The van der Waals surface area contributed by atoms with Crippen molar-refractivity contribution in [1.29, 1.82) is 0 Å². The molecule has 0 aromatic heterocycles. The molecule has 0 unspecified atom stereocenters. The van der Waals surface area contributed by atoms with Gasteiger partial charge in [0.2, 0.25) is 0 Å². The molecule has 450 valence electrons. The number of hydrogen-bond donors (Lipinski definition) is 3. The quantitative estimate of drug-likeness (QED) is 0.0200. The summed E-state index contributed by atoms with van der Waals surface area (Å²) in [5, 5.41) is 29.0. The molecule has 4 atom stereocenters. The van der Waals surface area contributed by atoms with E-state index in [0.717, 1.165) is 36.6 Å². The van der Waals surface area contributed by atoms with Gasteiger partial charge in [0.05, 0.1) is 64.1 Å². The van der Waals surface area contributed by atoms with E-state index in [0.29, 0.717) is 84.1 Å². The second-order valence-corrected chi connectivity index (χ2v) is 22.5. The van der Waals surface area contributed by atoms with Gasteiger partial charge in [-0.3, -0.25) is 9.59 Å². The van der Waals surface area contributed by atoms with E-state index in [1.807, 2.05) is 48.5 Å². The van der Waals surface area contributed by atoms with Crippen LogP contribution in [0.3, 0.4) is 0 Å². The van der Waals surface area contributed by atoms with Gasteiger partial charge in [0.15, 0.2) is 11.6 Å². The number of alkyl halides is 1. The fourth-order valence-corrected chi connectivity index (χ4v) is 12.8. The minimum absolute atomic E-state index is 0. The number of rotatable bonds is 24. The molecule has 15 nitrogen and oxygen atoms in total. The maximum Gasteiger partial charge on any atom is 0.330 e. The molecule has 0 radical (unpaired) electrons. The summed E-state index contributed by atoms with van der Waals surface area (Å²) in [5.74, 6) is -1.37. The summed E-state index contributed by atoms with van der Waals surface area (Å²) >= 11 is 2.12. The fraction of sp³-hybridized carbons (Fsp3) is 0.574. The van der Waals surface area contributed by atoms with Gasteiger partial charge in [0, 0.05) is 43.1 Å². The van der Waals surface area contributed by atoms with Gasteiger partial charge in [0.25, 0.3) is 0 Å². The Morgan fingerprint density at radius 1 is 0.684 bits per heavy atom. The third-order valence-corrected chi connectivity index (χ3v) is 16.7. The Balaban J connectivity index is -0.000000992. The average Bonchev–Trinajstić information content (AvgIpc) is 3.98. The number of aliphatic hydroxyl groups is 3. The van der Waals surface area contributed by atoms with Crippen LogP contribution in [0.4, 0.5) is 0 Å². The molecule has 0 aliphatic carbocycles. The Kier molecular flexibility index (Phi) is 49.8. The summed E-state index contributed by atoms with van der Waals surface area (Å²) in [7, 11) is -0.802. The highest BCUT2D eigenvalue weighted by Gasteiger charge is 2.46. The molecule has 0 spiro atoms. The lowest BCUT2D eigenvalue weighted by Gasteiger charge is -2.30. The lowest BCUT2D eigenvalue weighted by atomic mass is 10.1. The number of carbonyl (C=O) groups excluding carboxylic acids is 4. The van der Waals surface area contributed by atoms with Gasteiger partial charge >= 0.3 is 23.9 Å². The second kappa shape index (κ2) is 49.3. The number of carbonyl (C=O) groups is 4. The number of halogens is 2. The number of benzene rings is 3. The molecule has 2 aliphatic rings. The van der Waals surface area contributed by atoms with Crippen LogP contribution in [0, 0.1) is 5.92 Å². The van der Waals surface area contributed by atoms with Crippen molar-refractivity contribution in [2.24, 2.45) is 5.92 Å². The van der Waals surface area contributed by atoms with Gasteiger partial charge in [-0.15, -0.1) is 0 Å². The molecule has 5 rings (SSSR count). The van der Waals surface area contributed by atoms with Crippen LogP contribution in [-0.2, 0) is 57.1 Å². The first-order chi connectivity index (χ1) is 37.3. The molecule has 3 N–H and O–H groups in total. The highest BCUT2D eigenvalue weighted by Crippen LogP contribution is 2.57. The lowest BCUT2D eigenvalue weighted by molar-refractivity contribution is -0.144. The summed E-state index contributed by atoms with van der Waals surface area (Å²) < 4.78 is 41.4. The van der Waals surface area contributed by atoms with Crippen molar-refractivity contribution in [1.82, 2.24) is 0 Å². The molecular weight excluding hydrogens is 1260 g/mol. The smallest absolute Gasteiger partial charge is 0.330 e. The van der Waals surface area contributed by atoms with Crippen molar-refractivity contribution in [3.63, 3.8) is 0 Å². The molecule has 3 aromatic carbocycles. The Hall–Kier alpha value is -3.37. The molecular formula is C61H97I2O15P. The predicted molar refractivity (Wildman–Crippen MR) is 323 cm³/mol. The van der Waals surface area contributed by atoms with Crippen LogP contribution < -0.4 is 39.9 Å². The number of esters is 4. The molecule has 3 aromatic rings. The Labute approximate surface area is 505 Å². The van der Waals surface area contributed by atoms with Crippen molar-refractivity contribution >= 4 is 69.6 Å². The SMILES string of the molecule is C=CC(=O)OCC.CC.CC1(C)OC[C@H](CCO)O1.CCOC(=O)/C=C/C[C@H]1COC(C)(C)O1.CCOC(=O)CCC[C@H](C)C[P+](c1ccccc1)(c1ccccc1)c1ccccc1.CCOC(=O)CCC[C@H](O)CI.CO.[I-]. The van der Waals surface area contributed by atoms with E-state index in [4.69, 9.17) is 48.5 Å². The predicted octanol–water partition coefficient (Wildman–Crippen LogP) is 7.41. The minimum atomic E-state index is -1.80. The van der Waals surface area contributed by atoms with Gasteiger partial charge in [-0.05, 0) is 136 Å². The van der Waals surface area contributed by atoms with Crippen molar-refractivity contribution in [2.75, 3.05) is 63.9 Å². The maximum atomic E-state index is 11.8. The third-order valence-electron chi connectivity index (χ3n) is 10.9. The first kappa shape index (κ1) is 79.9. The van der Waals surface area contributed by atoms with Crippen LogP contribution in [0.25, 0.3) is 0 Å². The zero-order valence-electron chi connectivity index (χ0n) is 49.4. The van der Waals surface area contributed by atoms with Crippen molar-refractivity contribution in [3.05, 3.63) is 116 Å². The highest BCUT2D eigenvalue weighted by molar-refractivity contribution is 14.1. The van der Waals surface area contributed by atoms with Crippen molar-refractivity contribution in [2.45, 2.75) is 157 Å². The van der Waals surface area contributed by atoms with E-state index in [1.165, 1.54) is 22.0 Å². The topological polar surface area (TPSA) is 203 Å².